The van der Waals surface area contributed by atoms with Gasteiger partial charge in [-0.2, -0.15) is 0 Å². The summed E-state index contributed by atoms with van der Waals surface area (Å²) in [5, 5.41) is 10.6. The molecule has 0 unspecified atom stereocenters. The van der Waals surface area contributed by atoms with Crippen LogP contribution in [0.25, 0.3) is 87.6 Å². The number of aryl methyl sites for hydroxylation is 8. The maximum Gasteiger partial charge on any atom is 2.00 e. The third-order valence-corrected chi connectivity index (χ3v) is 12.7. The second-order valence-electron chi connectivity index (χ2n) is 19.0. The van der Waals surface area contributed by atoms with E-state index in [1.54, 1.807) is 0 Å². The Balaban J connectivity index is 0.000000175. The molecule has 12 aromatic rings. The molecule has 0 aliphatic rings. The molecule has 0 radical (unpaired) electrons. The van der Waals surface area contributed by atoms with Gasteiger partial charge >= 0.3 is 43.4 Å². The molecule has 0 saturated carbocycles. The van der Waals surface area contributed by atoms with E-state index >= 15 is 0 Å². The predicted molar refractivity (Wildman–Crippen MR) is 298 cm³/mol. The summed E-state index contributed by atoms with van der Waals surface area (Å²) in [5.41, 5.74) is 21.1. The third-order valence-electron chi connectivity index (χ3n) is 12.7. The largest absolute Gasteiger partial charge is 2.00 e. The molecule has 0 spiro atoms. The van der Waals surface area contributed by atoms with Gasteiger partial charge in [-0.05, 0) is 55.4 Å². The van der Waals surface area contributed by atoms with Crippen LogP contribution >= 0.6 is 0 Å². The molecule has 0 heterocycles. The zero-order valence-electron chi connectivity index (χ0n) is 42.5. The smallest absolute Gasteiger partial charge is 1.00 e. The molecule has 0 fully saturated rings. The van der Waals surface area contributed by atoms with Gasteiger partial charge in [0.15, 0.2) is 0 Å². The fourth-order valence-corrected chi connectivity index (χ4v) is 9.83. The summed E-state index contributed by atoms with van der Waals surface area (Å²) in [5.74, 6) is 0. The van der Waals surface area contributed by atoms with Gasteiger partial charge in [-0.3, -0.25) is 0 Å². The second-order valence-corrected chi connectivity index (χ2v) is 19.0. The van der Waals surface area contributed by atoms with Crippen molar-refractivity contribution in [1.82, 2.24) is 0 Å². The van der Waals surface area contributed by atoms with Crippen LogP contribution in [0.4, 0.5) is 0 Å². The first-order valence-electron chi connectivity index (χ1n) is 23.9. The Morgan fingerprint density at radius 2 is 0.389 bits per heavy atom. The maximum absolute atomic E-state index is 2.27. The van der Waals surface area contributed by atoms with Crippen molar-refractivity contribution in [1.29, 1.82) is 0 Å². The Labute approximate surface area is 470 Å². The summed E-state index contributed by atoms with van der Waals surface area (Å²) in [6, 6.07) is 79.1. The molecule has 12 aromatic carbocycles. The molecule has 0 aliphatic heterocycles. The van der Waals surface area contributed by atoms with Crippen molar-refractivity contribution in [2.24, 2.45) is 0 Å². The van der Waals surface area contributed by atoms with E-state index in [0.29, 0.717) is 0 Å². The molecule has 0 amide bonds. The Hall–Kier alpha value is -5.79. The monoisotopic (exact) mass is 1040 g/mol. The van der Waals surface area contributed by atoms with Crippen molar-refractivity contribution < 1.29 is 68.2 Å². The van der Waals surface area contributed by atoms with Gasteiger partial charge in [0, 0.05) is 0 Å². The SMILES string of the molecule is Cc1cc(C)cc(-c2cc3ccccc3[cH-]2)c1.Cc1cc(C)cc(-c2cc3ccccc3[cH-]2)c1.Cc1cc(C)cc(-c2cc3ccccc3[cH-]2)c1.Cc1cc(C)cc(-c2cc3ccccc3[cH-]2)c1.[Cl-].[Cl-].[Ti+2].[Ti+2]. The Morgan fingerprint density at radius 3 is 0.556 bits per heavy atom. The number of hydrogen-bond donors (Lipinski definition) is 0. The van der Waals surface area contributed by atoms with Gasteiger partial charge in [-0.25, -0.2) is 0 Å². The van der Waals surface area contributed by atoms with Crippen LogP contribution in [0.5, 0.6) is 0 Å². The molecule has 0 saturated heterocycles. The molecular weight excluding hydrogens is 983 g/mol. The van der Waals surface area contributed by atoms with Gasteiger partial charge in [0.2, 0.25) is 0 Å². The normalized spacial score (nSPS) is 10.3. The molecule has 0 nitrogen and oxygen atoms in total. The van der Waals surface area contributed by atoms with Crippen LogP contribution in [-0.2, 0) is 43.4 Å². The summed E-state index contributed by atoms with van der Waals surface area (Å²) < 4.78 is 0. The minimum atomic E-state index is 0. The zero-order chi connectivity index (χ0) is 47.3. The third kappa shape index (κ3) is 14.2. The van der Waals surface area contributed by atoms with Gasteiger partial charge in [-0.1, -0.05) is 212 Å². The molecule has 0 N–H and O–H groups in total. The zero-order valence-corrected chi connectivity index (χ0v) is 47.2. The van der Waals surface area contributed by atoms with Crippen LogP contribution in [0, 0.1) is 55.4 Å². The van der Waals surface area contributed by atoms with E-state index < -0.39 is 0 Å². The van der Waals surface area contributed by atoms with Gasteiger partial charge in [0.25, 0.3) is 0 Å². The summed E-state index contributed by atoms with van der Waals surface area (Å²) in [6.45, 7) is 17.2. The molecular formula is C68H60Cl2Ti2-2. The minimum Gasteiger partial charge on any atom is -1.00 e. The number of fused-ring (bicyclic) bond motifs is 4. The average molecular weight is 1040 g/mol. The summed E-state index contributed by atoms with van der Waals surface area (Å²) >= 11 is 0. The number of halogens is 2. The van der Waals surface area contributed by atoms with E-state index in [4.69, 9.17) is 0 Å². The Bertz CT molecular complexity index is 2980. The Kier molecular flexibility index (Phi) is 20.4. The molecule has 12 rings (SSSR count). The molecule has 0 aliphatic carbocycles. The molecule has 0 aromatic heterocycles. The van der Waals surface area contributed by atoms with Gasteiger partial charge in [-0.15, -0.1) is 138 Å². The van der Waals surface area contributed by atoms with Gasteiger partial charge < -0.3 is 24.8 Å². The van der Waals surface area contributed by atoms with Crippen LogP contribution in [0.3, 0.4) is 0 Å². The average Bonchev–Trinajstić information content (AvgIpc) is 4.13. The molecule has 4 heteroatoms. The van der Waals surface area contributed by atoms with Crippen molar-refractivity contribution >= 4 is 43.1 Å². The quantitative estimate of drug-likeness (QED) is 0.122. The number of benzene rings is 8. The van der Waals surface area contributed by atoms with E-state index in [1.165, 1.54) is 132 Å². The second kappa shape index (κ2) is 25.7. The van der Waals surface area contributed by atoms with Crippen molar-refractivity contribution in [2.75, 3.05) is 0 Å². The molecule has 72 heavy (non-hydrogen) atoms. The van der Waals surface area contributed by atoms with Gasteiger partial charge in [0.1, 0.15) is 0 Å². The predicted octanol–water partition coefficient (Wildman–Crippen LogP) is 13.4. The minimum absolute atomic E-state index is 0. The maximum atomic E-state index is 2.27. The van der Waals surface area contributed by atoms with Crippen LogP contribution in [0.1, 0.15) is 44.5 Å². The van der Waals surface area contributed by atoms with Crippen molar-refractivity contribution in [2.45, 2.75) is 55.4 Å². The fraction of sp³-hybridized carbons (Fsp3) is 0.118. The topological polar surface area (TPSA) is 0 Å². The molecule has 356 valence electrons. The first-order chi connectivity index (χ1) is 32.9. The standard InChI is InChI=1S/4C17H15.2ClH.2Ti/c4*1-12-7-13(2)9-16(8-12)17-10-14-5-3-4-6-15(14)11-17;;;;/h4*3-11H,1-2H3;2*1H;;/q4*-1;;;2*+2/p-2. The van der Waals surface area contributed by atoms with Gasteiger partial charge in [0.05, 0.1) is 0 Å². The number of rotatable bonds is 4. The van der Waals surface area contributed by atoms with Crippen molar-refractivity contribution in [3.8, 4) is 44.5 Å². The van der Waals surface area contributed by atoms with Crippen molar-refractivity contribution in [3.63, 3.8) is 0 Å². The number of hydrogen-bond acceptors (Lipinski definition) is 0. The first kappa shape index (κ1) is 57.1. The van der Waals surface area contributed by atoms with E-state index in [-0.39, 0.29) is 68.2 Å². The van der Waals surface area contributed by atoms with Crippen LogP contribution in [0.2, 0.25) is 0 Å². The van der Waals surface area contributed by atoms with E-state index in [1.807, 2.05) is 0 Å². The van der Waals surface area contributed by atoms with E-state index in [9.17, 15) is 0 Å². The Morgan fingerprint density at radius 1 is 0.222 bits per heavy atom. The van der Waals surface area contributed by atoms with Crippen LogP contribution < -0.4 is 24.8 Å². The first-order valence-corrected chi connectivity index (χ1v) is 23.9. The van der Waals surface area contributed by atoms with Crippen LogP contribution in [-0.4, -0.2) is 0 Å². The van der Waals surface area contributed by atoms with Crippen molar-refractivity contribution in [3.05, 3.63) is 263 Å². The fourth-order valence-electron chi connectivity index (χ4n) is 9.83. The molecule has 0 atom stereocenters. The van der Waals surface area contributed by atoms with E-state index in [2.05, 4.69) is 274 Å². The summed E-state index contributed by atoms with van der Waals surface area (Å²) in [6.07, 6.45) is 0. The summed E-state index contributed by atoms with van der Waals surface area (Å²) in [7, 11) is 0. The van der Waals surface area contributed by atoms with E-state index in [0.717, 1.165) is 0 Å². The summed E-state index contributed by atoms with van der Waals surface area (Å²) in [4.78, 5) is 0. The van der Waals surface area contributed by atoms with Crippen LogP contribution in [0.15, 0.2) is 218 Å². The molecule has 0 bridgehead atoms.